The van der Waals surface area contributed by atoms with Crippen LogP contribution in [0, 0.1) is 6.07 Å². The van der Waals surface area contributed by atoms with E-state index in [9.17, 15) is 0 Å². The summed E-state index contributed by atoms with van der Waals surface area (Å²) in [5.74, 6) is 0.510. The molecule has 0 aliphatic carbocycles. The van der Waals surface area contributed by atoms with Crippen LogP contribution in [0.1, 0.15) is 0 Å². The van der Waals surface area contributed by atoms with E-state index >= 15 is 0 Å². The molecule has 2 nitrogen and oxygen atoms in total. The van der Waals surface area contributed by atoms with Crippen molar-refractivity contribution in [2.45, 2.75) is 0 Å². The zero-order valence-electron chi connectivity index (χ0n) is 8.18. The lowest BCUT2D eigenvalue weighted by Gasteiger charge is -2.08. The molecule has 0 unspecified atom stereocenters. The van der Waals surface area contributed by atoms with Gasteiger partial charge in [0, 0.05) is 6.07 Å². The third kappa shape index (κ3) is 2.96. The third-order valence-corrected chi connectivity index (χ3v) is 3.11. The van der Waals surface area contributed by atoms with Crippen molar-refractivity contribution in [2.24, 2.45) is 0 Å². The molecule has 87 valence electrons. The van der Waals surface area contributed by atoms with E-state index in [1.165, 1.54) is 6.07 Å². The minimum absolute atomic E-state index is 0.152. The Kier molecular flexibility index (Phi) is 4.00. The number of aromatic nitrogens is 1. The van der Waals surface area contributed by atoms with Crippen LogP contribution in [0.4, 0.5) is 0 Å². The summed E-state index contributed by atoms with van der Waals surface area (Å²) in [4.78, 5) is 3.89. The Morgan fingerprint density at radius 1 is 1.06 bits per heavy atom. The van der Waals surface area contributed by atoms with Gasteiger partial charge in [-0.25, -0.2) is 0 Å². The zero-order valence-corrected chi connectivity index (χ0v) is 11.2. The molecule has 0 atom stereocenters. The Labute approximate surface area is 118 Å². The molecular formula is C11H4Cl4NO. The average Bonchev–Trinajstić information content (AvgIpc) is 2.30. The van der Waals surface area contributed by atoms with Crippen LogP contribution < -0.4 is 4.74 Å². The number of benzene rings is 1. The molecule has 6 heteroatoms. The van der Waals surface area contributed by atoms with Gasteiger partial charge in [-0.3, -0.25) is 0 Å². The lowest BCUT2D eigenvalue weighted by molar-refractivity contribution is 0.463. The van der Waals surface area contributed by atoms with Gasteiger partial charge in [-0.15, -0.1) is 0 Å². The van der Waals surface area contributed by atoms with Gasteiger partial charge < -0.3 is 4.74 Å². The maximum atomic E-state index is 5.97. The van der Waals surface area contributed by atoms with Crippen LogP contribution in [-0.2, 0) is 0 Å². The van der Waals surface area contributed by atoms with E-state index in [-0.39, 0.29) is 21.1 Å². The second kappa shape index (κ2) is 5.32. The number of rotatable bonds is 2. The molecular weight excluding hydrogens is 304 g/mol. The molecule has 0 aliphatic rings. The molecule has 1 aromatic heterocycles. The minimum Gasteiger partial charge on any atom is -0.436 e. The van der Waals surface area contributed by atoms with Crippen LogP contribution in [0.3, 0.4) is 0 Å². The summed E-state index contributed by atoms with van der Waals surface area (Å²) in [6, 6.07) is 9.10. The molecule has 17 heavy (non-hydrogen) atoms. The molecule has 0 amide bonds. The van der Waals surface area contributed by atoms with E-state index < -0.39 is 0 Å². The number of hydrogen-bond acceptors (Lipinski definition) is 2. The van der Waals surface area contributed by atoms with Gasteiger partial charge in [-0.2, -0.15) is 4.98 Å². The Balaban J connectivity index is 2.38. The fourth-order valence-corrected chi connectivity index (χ4v) is 1.70. The monoisotopic (exact) mass is 306 g/mol. The summed E-state index contributed by atoms with van der Waals surface area (Å²) in [7, 11) is 0. The molecule has 1 aromatic carbocycles. The van der Waals surface area contributed by atoms with Gasteiger partial charge >= 0.3 is 0 Å². The van der Waals surface area contributed by atoms with E-state index in [4.69, 9.17) is 51.1 Å². The largest absolute Gasteiger partial charge is 0.436 e. The maximum absolute atomic E-state index is 5.97. The van der Waals surface area contributed by atoms with Gasteiger partial charge in [0.25, 0.3) is 0 Å². The summed E-state index contributed by atoms with van der Waals surface area (Å²) in [6.45, 7) is 0. The predicted molar refractivity (Wildman–Crippen MR) is 69.6 cm³/mol. The quantitative estimate of drug-likeness (QED) is 0.703. The van der Waals surface area contributed by atoms with Crippen molar-refractivity contribution in [3.63, 3.8) is 0 Å². The highest BCUT2D eigenvalue weighted by molar-refractivity contribution is 6.43. The molecule has 2 aromatic rings. The Morgan fingerprint density at radius 3 is 2.59 bits per heavy atom. The topological polar surface area (TPSA) is 22.1 Å². The number of pyridine rings is 1. The Morgan fingerprint density at radius 2 is 1.82 bits per heavy atom. The van der Waals surface area contributed by atoms with Crippen molar-refractivity contribution in [3.05, 3.63) is 50.6 Å². The predicted octanol–water partition coefficient (Wildman–Crippen LogP) is 5.29. The van der Waals surface area contributed by atoms with E-state index in [0.717, 1.165) is 0 Å². The Bertz CT molecular complexity index is 559. The summed E-state index contributed by atoms with van der Waals surface area (Å²) in [5, 5.41) is 1.11. The molecule has 0 bridgehead atoms. The summed E-state index contributed by atoms with van der Waals surface area (Å²) in [5.41, 5.74) is 0. The first-order chi connectivity index (χ1) is 8.08. The van der Waals surface area contributed by atoms with Crippen LogP contribution >= 0.6 is 46.4 Å². The van der Waals surface area contributed by atoms with E-state index in [1.807, 2.05) is 0 Å². The standard InChI is InChI=1S/C11H4Cl4NO/c12-6-2-1-3-8(10(6)15)17-11-7(13)4-5-9(14)16-11/h1-4H. The fourth-order valence-electron chi connectivity index (χ4n) is 1.10. The van der Waals surface area contributed by atoms with Crippen molar-refractivity contribution < 1.29 is 4.74 Å². The van der Waals surface area contributed by atoms with Crippen molar-refractivity contribution in [3.8, 4) is 11.6 Å². The van der Waals surface area contributed by atoms with Crippen molar-refractivity contribution in [1.82, 2.24) is 4.98 Å². The van der Waals surface area contributed by atoms with E-state index in [1.54, 1.807) is 18.2 Å². The highest BCUT2D eigenvalue weighted by atomic mass is 35.5. The molecule has 1 radical (unpaired) electrons. The van der Waals surface area contributed by atoms with Crippen molar-refractivity contribution in [1.29, 1.82) is 0 Å². The molecule has 2 rings (SSSR count). The molecule has 0 aliphatic heterocycles. The third-order valence-electron chi connectivity index (χ3n) is 1.84. The second-order valence-corrected chi connectivity index (χ2v) is 4.55. The molecule has 0 spiro atoms. The summed E-state index contributed by atoms with van der Waals surface area (Å²) >= 11 is 23.4. The smallest absolute Gasteiger partial charge is 0.239 e. The van der Waals surface area contributed by atoms with Gasteiger partial charge in [0.05, 0.1) is 5.02 Å². The first-order valence-electron chi connectivity index (χ1n) is 4.43. The highest BCUT2D eigenvalue weighted by Crippen LogP contribution is 2.36. The van der Waals surface area contributed by atoms with Gasteiger partial charge in [0.2, 0.25) is 5.88 Å². The second-order valence-electron chi connectivity index (χ2n) is 3.00. The van der Waals surface area contributed by atoms with Crippen LogP contribution in [0.15, 0.2) is 24.3 Å². The number of nitrogens with zero attached hydrogens (tertiary/aromatic N) is 1. The van der Waals surface area contributed by atoms with Gasteiger partial charge in [-0.1, -0.05) is 52.5 Å². The highest BCUT2D eigenvalue weighted by Gasteiger charge is 2.10. The van der Waals surface area contributed by atoms with Gasteiger partial charge in [0.1, 0.15) is 20.9 Å². The molecule has 1 heterocycles. The maximum Gasteiger partial charge on any atom is 0.239 e. The number of ether oxygens (including phenoxy) is 1. The molecule has 0 fully saturated rings. The summed E-state index contributed by atoms with van der Waals surface area (Å²) < 4.78 is 5.44. The molecule has 0 saturated heterocycles. The molecule has 0 saturated carbocycles. The van der Waals surface area contributed by atoms with Gasteiger partial charge in [-0.05, 0) is 18.2 Å². The first kappa shape index (κ1) is 12.8. The van der Waals surface area contributed by atoms with Crippen LogP contribution in [-0.4, -0.2) is 4.98 Å². The number of halogens is 4. The molecule has 0 N–H and O–H groups in total. The van der Waals surface area contributed by atoms with Crippen LogP contribution in [0.25, 0.3) is 0 Å². The van der Waals surface area contributed by atoms with Crippen LogP contribution in [0.2, 0.25) is 20.2 Å². The fraction of sp³-hybridized carbons (Fsp3) is 0. The lowest BCUT2D eigenvalue weighted by Crippen LogP contribution is -1.90. The van der Waals surface area contributed by atoms with Crippen LogP contribution in [0.5, 0.6) is 11.6 Å². The normalized spacial score (nSPS) is 10.4. The SMILES string of the molecule is Clc1[c]cc(Cl)c(Oc2cccc(Cl)c2Cl)n1. The number of hydrogen-bond donors (Lipinski definition) is 0. The van der Waals surface area contributed by atoms with Gasteiger partial charge in [0.15, 0.2) is 0 Å². The van der Waals surface area contributed by atoms with E-state index in [2.05, 4.69) is 11.1 Å². The zero-order chi connectivity index (χ0) is 12.4. The minimum atomic E-state index is 0.152. The summed E-state index contributed by atoms with van der Waals surface area (Å²) in [6.07, 6.45) is 0. The lowest BCUT2D eigenvalue weighted by atomic mass is 10.3. The van der Waals surface area contributed by atoms with E-state index in [0.29, 0.717) is 10.8 Å². The average molecular weight is 308 g/mol. The first-order valence-corrected chi connectivity index (χ1v) is 5.94. The Hall–Kier alpha value is -0.670. The van der Waals surface area contributed by atoms with Crippen molar-refractivity contribution >= 4 is 46.4 Å². The van der Waals surface area contributed by atoms with Crippen molar-refractivity contribution in [2.75, 3.05) is 0 Å².